The lowest BCUT2D eigenvalue weighted by molar-refractivity contribution is 0.275. The number of unbranched alkanes of at least 4 members (excludes halogenated alkanes) is 19. The summed E-state index contributed by atoms with van der Waals surface area (Å²) < 4.78 is 2.44. The molecule has 2 rings (SSSR count). The van der Waals surface area contributed by atoms with Gasteiger partial charge in [-0.05, 0) is 30.7 Å². The van der Waals surface area contributed by atoms with Crippen LogP contribution in [0, 0.1) is 5.92 Å². The van der Waals surface area contributed by atoms with Crippen LogP contribution in [-0.2, 0) is 6.42 Å². The van der Waals surface area contributed by atoms with Crippen molar-refractivity contribution in [3.63, 3.8) is 0 Å². The molecule has 0 fully saturated rings. The molecule has 2 unspecified atom stereocenters. The maximum absolute atomic E-state index is 4.45. The zero-order valence-electron chi connectivity index (χ0n) is 26.1. The quantitative estimate of drug-likeness (QED) is 0.104. The van der Waals surface area contributed by atoms with Crippen molar-refractivity contribution in [2.24, 2.45) is 5.92 Å². The average molecular weight is 537 g/mol. The highest BCUT2D eigenvalue weighted by Crippen LogP contribution is 2.32. The van der Waals surface area contributed by atoms with Crippen LogP contribution in [0.2, 0.25) is 0 Å². The van der Waals surface area contributed by atoms with Gasteiger partial charge in [-0.2, -0.15) is 0 Å². The Bertz CT molecular complexity index is 738. The minimum absolute atomic E-state index is 0.574. The van der Waals surface area contributed by atoms with E-state index in [9.17, 15) is 0 Å². The van der Waals surface area contributed by atoms with Crippen LogP contribution in [0.5, 0.6) is 0 Å². The normalized spacial score (nSPS) is 13.1. The molecule has 2 aromatic rings. The van der Waals surface area contributed by atoms with Crippen molar-refractivity contribution in [2.75, 3.05) is 0 Å². The zero-order valence-corrected chi connectivity index (χ0v) is 26.1. The highest BCUT2D eigenvalue weighted by molar-refractivity contribution is 5.15. The molecule has 0 bridgehead atoms. The fraction of sp³-hybridized carbons (Fsp3) is 0.757. The fourth-order valence-electron chi connectivity index (χ4n) is 6.35. The van der Waals surface area contributed by atoms with Crippen LogP contribution in [0.4, 0.5) is 0 Å². The van der Waals surface area contributed by atoms with Crippen molar-refractivity contribution >= 4 is 0 Å². The van der Waals surface area contributed by atoms with Gasteiger partial charge in [0.05, 0.1) is 6.33 Å². The molecule has 0 aliphatic heterocycles. The Morgan fingerprint density at radius 2 is 1.03 bits per heavy atom. The van der Waals surface area contributed by atoms with Crippen LogP contribution < -0.4 is 0 Å². The molecule has 222 valence electrons. The van der Waals surface area contributed by atoms with Crippen LogP contribution in [0.25, 0.3) is 0 Å². The van der Waals surface area contributed by atoms with Crippen LogP contribution in [0.3, 0.4) is 0 Å². The van der Waals surface area contributed by atoms with Gasteiger partial charge in [-0.3, -0.25) is 0 Å². The number of nitrogens with zero attached hydrogens (tertiary/aromatic N) is 2. The monoisotopic (exact) mass is 537 g/mol. The van der Waals surface area contributed by atoms with Gasteiger partial charge >= 0.3 is 0 Å². The third-order valence-electron chi connectivity index (χ3n) is 8.82. The van der Waals surface area contributed by atoms with Gasteiger partial charge in [0, 0.05) is 18.4 Å². The Hall–Kier alpha value is -1.57. The fourth-order valence-corrected chi connectivity index (χ4v) is 6.35. The van der Waals surface area contributed by atoms with Crippen LogP contribution in [-0.4, -0.2) is 9.55 Å². The van der Waals surface area contributed by atoms with Crippen molar-refractivity contribution < 1.29 is 0 Å². The van der Waals surface area contributed by atoms with Crippen molar-refractivity contribution in [3.05, 3.63) is 54.6 Å². The summed E-state index contributed by atoms with van der Waals surface area (Å²) in [5.74, 6) is 0.694. The number of rotatable bonds is 27. The van der Waals surface area contributed by atoms with Gasteiger partial charge in [0.25, 0.3) is 0 Å². The molecule has 0 N–H and O–H groups in total. The van der Waals surface area contributed by atoms with E-state index in [1.54, 1.807) is 0 Å². The van der Waals surface area contributed by atoms with Crippen molar-refractivity contribution in [3.8, 4) is 0 Å². The summed E-state index contributed by atoms with van der Waals surface area (Å²) in [4.78, 5) is 4.45. The Balaban J connectivity index is 1.74. The summed E-state index contributed by atoms with van der Waals surface area (Å²) in [6, 6.07) is 11.8. The summed E-state index contributed by atoms with van der Waals surface area (Å²) in [6.07, 6.45) is 39.8. The number of aromatic nitrogens is 2. The Kier molecular flexibility index (Phi) is 20.9. The third-order valence-corrected chi connectivity index (χ3v) is 8.82. The first-order chi connectivity index (χ1) is 19.3. The summed E-state index contributed by atoms with van der Waals surface area (Å²) in [7, 11) is 0. The molecule has 0 spiro atoms. The predicted molar refractivity (Wildman–Crippen MR) is 172 cm³/mol. The summed E-state index contributed by atoms with van der Waals surface area (Å²) in [5, 5.41) is 0. The van der Waals surface area contributed by atoms with Crippen molar-refractivity contribution in [1.82, 2.24) is 9.55 Å². The second-order valence-electron chi connectivity index (χ2n) is 12.3. The smallest absolute Gasteiger partial charge is 0.0948 e. The van der Waals surface area contributed by atoms with Gasteiger partial charge < -0.3 is 4.57 Å². The van der Waals surface area contributed by atoms with Crippen molar-refractivity contribution in [2.45, 2.75) is 174 Å². The largest absolute Gasteiger partial charge is 0.334 e. The molecule has 2 heteroatoms. The molecular formula is C37H64N2. The zero-order chi connectivity index (χ0) is 27.6. The number of imidazole rings is 1. The minimum atomic E-state index is 0.574. The van der Waals surface area contributed by atoms with E-state index in [1.165, 1.54) is 160 Å². The van der Waals surface area contributed by atoms with Crippen LogP contribution >= 0.6 is 0 Å². The molecular weight excluding hydrogens is 472 g/mol. The molecule has 39 heavy (non-hydrogen) atoms. The highest BCUT2D eigenvalue weighted by Gasteiger charge is 2.23. The maximum Gasteiger partial charge on any atom is 0.0948 e. The Morgan fingerprint density at radius 3 is 1.49 bits per heavy atom. The second-order valence-corrected chi connectivity index (χ2v) is 12.3. The van der Waals surface area contributed by atoms with E-state index in [0.717, 1.165) is 0 Å². The molecule has 0 aliphatic carbocycles. The highest BCUT2D eigenvalue weighted by atomic mass is 15.1. The van der Waals surface area contributed by atoms with E-state index in [1.807, 2.05) is 6.20 Å². The first kappa shape index (κ1) is 33.6. The summed E-state index contributed by atoms with van der Waals surface area (Å²) >= 11 is 0. The Labute approximate surface area is 243 Å². The molecule has 2 nitrogen and oxygen atoms in total. The molecule has 0 radical (unpaired) electrons. The van der Waals surface area contributed by atoms with Crippen LogP contribution in [0.1, 0.15) is 173 Å². The van der Waals surface area contributed by atoms with Gasteiger partial charge in [-0.25, -0.2) is 4.98 Å². The standard InChI is InChI=1S/C37H64N2/c1-3-5-7-9-11-13-14-15-16-17-19-21-26-30-37(39-32-31-38-34-39)36(33-35-27-23-22-24-28-35)29-25-20-18-12-10-8-6-4-2/h22-24,27-28,31-32,34,36-37H,3-21,25-26,29-30,33H2,1-2H3. The Morgan fingerprint density at radius 1 is 0.564 bits per heavy atom. The number of benzene rings is 1. The van der Waals surface area contributed by atoms with E-state index in [0.29, 0.717) is 12.0 Å². The van der Waals surface area contributed by atoms with E-state index < -0.39 is 0 Å². The number of hydrogen-bond donors (Lipinski definition) is 0. The van der Waals surface area contributed by atoms with E-state index in [-0.39, 0.29) is 0 Å². The first-order valence-corrected chi connectivity index (χ1v) is 17.4. The first-order valence-electron chi connectivity index (χ1n) is 17.4. The van der Waals surface area contributed by atoms with Gasteiger partial charge in [0.2, 0.25) is 0 Å². The molecule has 1 aromatic heterocycles. The van der Waals surface area contributed by atoms with Gasteiger partial charge in [-0.15, -0.1) is 0 Å². The van der Waals surface area contributed by atoms with E-state index in [4.69, 9.17) is 0 Å². The lowest BCUT2D eigenvalue weighted by Gasteiger charge is -2.29. The summed E-state index contributed by atoms with van der Waals surface area (Å²) in [5.41, 5.74) is 1.50. The minimum Gasteiger partial charge on any atom is -0.334 e. The molecule has 2 atom stereocenters. The molecule has 0 aliphatic rings. The SMILES string of the molecule is CCCCCCCCCCCCCCCC(C(CCCCCCCCCC)Cc1ccccc1)n1ccnc1. The maximum atomic E-state index is 4.45. The van der Waals surface area contributed by atoms with Gasteiger partial charge in [0.15, 0.2) is 0 Å². The van der Waals surface area contributed by atoms with E-state index >= 15 is 0 Å². The molecule has 0 saturated heterocycles. The molecule has 0 amide bonds. The molecule has 0 saturated carbocycles. The number of hydrogen-bond acceptors (Lipinski definition) is 1. The second kappa shape index (κ2) is 24.2. The van der Waals surface area contributed by atoms with Crippen LogP contribution in [0.15, 0.2) is 49.1 Å². The van der Waals surface area contributed by atoms with Gasteiger partial charge in [-0.1, -0.05) is 179 Å². The van der Waals surface area contributed by atoms with Crippen molar-refractivity contribution in [1.29, 1.82) is 0 Å². The average Bonchev–Trinajstić information content (AvgIpc) is 3.49. The lowest BCUT2D eigenvalue weighted by Crippen LogP contribution is -2.21. The molecule has 1 aromatic carbocycles. The molecule has 1 heterocycles. The third kappa shape index (κ3) is 17.0. The topological polar surface area (TPSA) is 17.8 Å². The lowest BCUT2D eigenvalue weighted by atomic mass is 9.84. The predicted octanol–water partition coefficient (Wildman–Crippen LogP) is 12.3. The van der Waals surface area contributed by atoms with Gasteiger partial charge in [0.1, 0.15) is 0 Å². The summed E-state index contributed by atoms with van der Waals surface area (Å²) in [6.45, 7) is 4.61. The van der Waals surface area contributed by atoms with E-state index in [2.05, 4.69) is 66.3 Å².